The van der Waals surface area contributed by atoms with E-state index in [-0.39, 0.29) is 6.10 Å². The molecule has 1 fully saturated rings. The highest BCUT2D eigenvalue weighted by atomic mass is 35.5. The number of rotatable bonds is 4. The molecule has 2 unspecified atom stereocenters. The molecule has 1 aliphatic rings. The van der Waals surface area contributed by atoms with Gasteiger partial charge in [0.05, 0.1) is 6.54 Å². The second-order valence-electron chi connectivity index (χ2n) is 5.37. The molecule has 4 nitrogen and oxygen atoms in total. The third-order valence-electron chi connectivity index (χ3n) is 4.01. The van der Waals surface area contributed by atoms with Crippen LogP contribution in [0.15, 0.2) is 67.3 Å². The third kappa shape index (κ3) is 2.21. The van der Waals surface area contributed by atoms with Crippen LogP contribution in [0.25, 0.3) is 0 Å². The van der Waals surface area contributed by atoms with Crippen LogP contribution in [-0.2, 0) is 16.9 Å². The zero-order valence-electron chi connectivity index (χ0n) is 11.8. The van der Waals surface area contributed by atoms with E-state index in [1.54, 1.807) is 11.0 Å². The largest absolute Gasteiger partial charge is 0.354 e. The standard InChI is InChI=1S/C17H14ClN3O/c18-15-9-5-4-8-14(15)16-17(22-16,10-21-12-19-11-20-21)13-6-2-1-3-7-13/h1-9,11-12,16H,10H2. The third-order valence-corrected chi connectivity index (χ3v) is 4.35. The van der Waals surface area contributed by atoms with Crippen molar-refractivity contribution in [2.24, 2.45) is 0 Å². The molecular formula is C17H14ClN3O. The lowest BCUT2D eigenvalue weighted by atomic mass is 9.91. The highest BCUT2D eigenvalue weighted by Crippen LogP contribution is 2.59. The first-order chi connectivity index (χ1) is 10.8. The summed E-state index contributed by atoms with van der Waals surface area (Å²) < 4.78 is 7.95. The predicted molar refractivity (Wildman–Crippen MR) is 83.4 cm³/mol. The van der Waals surface area contributed by atoms with Crippen LogP contribution in [0.1, 0.15) is 17.2 Å². The molecule has 5 heteroatoms. The topological polar surface area (TPSA) is 43.2 Å². The zero-order chi connectivity index (χ0) is 15.0. The number of halogens is 1. The molecule has 2 heterocycles. The lowest BCUT2D eigenvalue weighted by molar-refractivity contribution is 0.262. The van der Waals surface area contributed by atoms with Crippen LogP contribution < -0.4 is 0 Å². The van der Waals surface area contributed by atoms with Crippen LogP contribution in [-0.4, -0.2) is 14.8 Å². The summed E-state index contributed by atoms with van der Waals surface area (Å²) in [5, 5.41) is 4.94. The van der Waals surface area contributed by atoms with Gasteiger partial charge in [0.15, 0.2) is 0 Å². The molecule has 0 spiro atoms. The SMILES string of the molecule is Clc1ccccc1C1OC1(Cn1cncn1)c1ccccc1. The second-order valence-corrected chi connectivity index (χ2v) is 5.78. The Balaban J connectivity index is 1.74. The van der Waals surface area contributed by atoms with Gasteiger partial charge in [0.2, 0.25) is 0 Å². The van der Waals surface area contributed by atoms with Crippen molar-refractivity contribution in [3.05, 3.63) is 83.4 Å². The summed E-state index contributed by atoms with van der Waals surface area (Å²) in [5.74, 6) is 0. The van der Waals surface area contributed by atoms with Crippen LogP contribution in [0.3, 0.4) is 0 Å². The molecule has 0 N–H and O–H groups in total. The summed E-state index contributed by atoms with van der Waals surface area (Å²) in [5.41, 5.74) is 1.68. The predicted octanol–water partition coefficient (Wildman–Crippen LogP) is 3.60. The number of aromatic nitrogens is 3. The molecule has 4 rings (SSSR count). The van der Waals surface area contributed by atoms with Crippen LogP contribution in [0.2, 0.25) is 5.02 Å². The van der Waals surface area contributed by atoms with Gasteiger partial charge < -0.3 is 4.74 Å². The average molecular weight is 312 g/mol. The molecule has 2 aromatic carbocycles. The number of epoxide rings is 1. The fraction of sp³-hybridized carbons (Fsp3) is 0.176. The van der Waals surface area contributed by atoms with Gasteiger partial charge in [-0.1, -0.05) is 60.1 Å². The Labute approximate surface area is 133 Å². The highest BCUT2D eigenvalue weighted by molar-refractivity contribution is 6.31. The van der Waals surface area contributed by atoms with Gasteiger partial charge in [0.25, 0.3) is 0 Å². The van der Waals surface area contributed by atoms with Crippen LogP contribution in [0.5, 0.6) is 0 Å². The fourth-order valence-electron chi connectivity index (χ4n) is 2.88. The zero-order valence-corrected chi connectivity index (χ0v) is 12.5. The molecule has 0 saturated carbocycles. The summed E-state index contributed by atoms with van der Waals surface area (Å²) >= 11 is 6.34. The maximum Gasteiger partial charge on any atom is 0.144 e. The van der Waals surface area contributed by atoms with Gasteiger partial charge in [-0.15, -0.1) is 0 Å². The van der Waals surface area contributed by atoms with Crippen LogP contribution in [0.4, 0.5) is 0 Å². The molecule has 0 aliphatic carbocycles. The van der Waals surface area contributed by atoms with E-state index in [1.807, 2.05) is 42.5 Å². The van der Waals surface area contributed by atoms with E-state index in [4.69, 9.17) is 16.3 Å². The van der Waals surface area contributed by atoms with Crippen molar-refractivity contribution in [2.45, 2.75) is 18.2 Å². The van der Waals surface area contributed by atoms with E-state index in [0.29, 0.717) is 6.54 Å². The van der Waals surface area contributed by atoms with Gasteiger partial charge in [-0.2, -0.15) is 5.10 Å². The van der Waals surface area contributed by atoms with Gasteiger partial charge in [-0.25, -0.2) is 9.67 Å². The van der Waals surface area contributed by atoms with Gasteiger partial charge in [0.1, 0.15) is 24.4 Å². The molecule has 2 atom stereocenters. The summed E-state index contributed by atoms with van der Waals surface area (Å²) in [6.45, 7) is 0.604. The van der Waals surface area contributed by atoms with Crippen LogP contribution in [0, 0.1) is 0 Å². The lowest BCUT2D eigenvalue weighted by Gasteiger charge is -2.14. The van der Waals surface area contributed by atoms with E-state index in [2.05, 4.69) is 22.2 Å². The number of hydrogen-bond acceptors (Lipinski definition) is 3. The Morgan fingerprint density at radius 2 is 1.86 bits per heavy atom. The first kappa shape index (κ1) is 13.5. The van der Waals surface area contributed by atoms with Crippen molar-refractivity contribution in [3.8, 4) is 0 Å². The number of benzene rings is 2. The van der Waals surface area contributed by atoms with Gasteiger partial charge in [-0.3, -0.25) is 0 Å². The van der Waals surface area contributed by atoms with Crippen molar-refractivity contribution in [3.63, 3.8) is 0 Å². The summed E-state index contributed by atoms with van der Waals surface area (Å²) in [6.07, 6.45) is 3.16. The van der Waals surface area contributed by atoms with Gasteiger partial charge in [-0.05, 0) is 11.6 Å². The molecule has 22 heavy (non-hydrogen) atoms. The maximum atomic E-state index is 6.34. The van der Waals surface area contributed by atoms with Gasteiger partial charge >= 0.3 is 0 Å². The smallest absolute Gasteiger partial charge is 0.144 e. The molecular weight excluding hydrogens is 298 g/mol. The number of hydrogen-bond donors (Lipinski definition) is 0. The Morgan fingerprint density at radius 3 is 2.59 bits per heavy atom. The normalized spacial score (nSPS) is 23.4. The molecule has 3 aromatic rings. The van der Waals surface area contributed by atoms with Crippen molar-refractivity contribution in [1.29, 1.82) is 0 Å². The first-order valence-corrected chi connectivity index (χ1v) is 7.47. The quantitative estimate of drug-likeness (QED) is 0.691. The van der Waals surface area contributed by atoms with E-state index < -0.39 is 5.60 Å². The lowest BCUT2D eigenvalue weighted by Crippen LogP contribution is -2.19. The van der Waals surface area contributed by atoms with Crippen molar-refractivity contribution >= 4 is 11.6 Å². The van der Waals surface area contributed by atoms with E-state index in [9.17, 15) is 0 Å². The number of ether oxygens (including phenoxy) is 1. The van der Waals surface area contributed by atoms with Crippen molar-refractivity contribution < 1.29 is 4.74 Å². The van der Waals surface area contributed by atoms with E-state index >= 15 is 0 Å². The minimum atomic E-state index is -0.444. The fourth-order valence-corrected chi connectivity index (χ4v) is 3.12. The molecule has 0 bridgehead atoms. The number of nitrogens with zero attached hydrogens (tertiary/aromatic N) is 3. The summed E-state index contributed by atoms with van der Waals surface area (Å²) in [4.78, 5) is 4.01. The molecule has 0 amide bonds. The summed E-state index contributed by atoms with van der Waals surface area (Å²) in [7, 11) is 0. The Kier molecular flexibility index (Phi) is 3.21. The van der Waals surface area contributed by atoms with Gasteiger partial charge in [0, 0.05) is 10.6 Å². The Hall–Kier alpha value is -2.17. The molecule has 1 aliphatic heterocycles. The second kappa shape index (κ2) is 5.23. The Morgan fingerprint density at radius 1 is 1.09 bits per heavy atom. The molecule has 110 valence electrons. The summed E-state index contributed by atoms with van der Waals surface area (Å²) in [6, 6.07) is 18.0. The molecule has 1 aromatic heterocycles. The van der Waals surface area contributed by atoms with Crippen molar-refractivity contribution in [1.82, 2.24) is 14.8 Å². The monoisotopic (exact) mass is 311 g/mol. The average Bonchev–Trinajstić information content (AvgIpc) is 3.03. The first-order valence-electron chi connectivity index (χ1n) is 7.10. The van der Waals surface area contributed by atoms with Crippen molar-refractivity contribution in [2.75, 3.05) is 0 Å². The molecule has 1 saturated heterocycles. The minimum absolute atomic E-state index is 0.0761. The van der Waals surface area contributed by atoms with Crippen LogP contribution >= 0.6 is 11.6 Å². The minimum Gasteiger partial charge on any atom is -0.354 e. The Bertz CT molecular complexity index is 776. The maximum absolute atomic E-state index is 6.34. The van der Waals surface area contributed by atoms with E-state index in [1.165, 1.54) is 6.33 Å². The molecule has 0 radical (unpaired) electrons. The van der Waals surface area contributed by atoms with E-state index in [0.717, 1.165) is 16.1 Å². The highest BCUT2D eigenvalue weighted by Gasteiger charge is 2.59.